The van der Waals surface area contributed by atoms with E-state index in [2.05, 4.69) is 46.1 Å². The molecule has 0 bridgehead atoms. The zero-order valence-corrected chi connectivity index (χ0v) is 16.8. The molecule has 3 rings (SSSR count). The molecule has 2 heterocycles. The van der Waals surface area contributed by atoms with Crippen molar-refractivity contribution in [1.29, 1.82) is 0 Å². The minimum atomic E-state index is -3.57. The van der Waals surface area contributed by atoms with Crippen LogP contribution in [0.2, 0.25) is 0 Å². The van der Waals surface area contributed by atoms with Gasteiger partial charge < -0.3 is 10.2 Å². The fourth-order valence-electron chi connectivity index (χ4n) is 2.45. The number of sulfonamides is 1. The second-order valence-corrected chi connectivity index (χ2v) is 8.16. The first-order chi connectivity index (χ1) is 12.4. The van der Waals surface area contributed by atoms with Crippen LogP contribution in [0.1, 0.15) is 6.92 Å². The summed E-state index contributed by atoms with van der Waals surface area (Å²) in [7, 11) is -0.264. The Morgan fingerprint density at radius 3 is 2.77 bits per heavy atom. The van der Waals surface area contributed by atoms with Crippen molar-refractivity contribution in [2.24, 2.45) is 0 Å². The normalized spacial score (nSPS) is 11.7. The highest BCUT2D eigenvalue weighted by Crippen LogP contribution is 2.33. The number of rotatable bonds is 6. The topological polar surface area (TPSA) is 116 Å². The Balaban J connectivity index is 2.15. The summed E-state index contributed by atoms with van der Waals surface area (Å²) in [5, 5.41) is 10.8. The van der Waals surface area contributed by atoms with Gasteiger partial charge in [-0.25, -0.2) is 23.1 Å². The number of nitrogens with zero attached hydrogens (tertiary/aromatic N) is 4. The van der Waals surface area contributed by atoms with Crippen molar-refractivity contribution >= 4 is 54.2 Å². The van der Waals surface area contributed by atoms with Crippen LogP contribution in [0.15, 0.2) is 34.0 Å². The summed E-state index contributed by atoms with van der Waals surface area (Å²) < 4.78 is 27.3. The molecular weight excluding hydrogens is 422 g/mol. The highest BCUT2D eigenvalue weighted by Gasteiger charge is 2.18. The average Bonchev–Trinajstić information content (AvgIpc) is 3.03. The number of H-pyrrole nitrogens is 1. The van der Waals surface area contributed by atoms with Gasteiger partial charge in [0.15, 0.2) is 5.65 Å². The Bertz CT molecular complexity index is 1050. The third-order valence-corrected chi connectivity index (χ3v) is 5.98. The summed E-state index contributed by atoms with van der Waals surface area (Å²) in [5.41, 5.74) is 1.95. The zero-order valence-electron chi connectivity index (χ0n) is 14.4. The van der Waals surface area contributed by atoms with E-state index in [1.54, 1.807) is 18.2 Å². The van der Waals surface area contributed by atoms with E-state index < -0.39 is 10.0 Å². The number of aromatic amines is 1. The van der Waals surface area contributed by atoms with Crippen LogP contribution in [0, 0.1) is 0 Å². The van der Waals surface area contributed by atoms with Crippen molar-refractivity contribution in [3.63, 3.8) is 0 Å². The fraction of sp³-hybridized carbons (Fsp3) is 0.267. The van der Waals surface area contributed by atoms with Crippen molar-refractivity contribution in [1.82, 2.24) is 24.9 Å². The molecular formula is C15H18BrN7O2S. The van der Waals surface area contributed by atoms with Gasteiger partial charge in [-0.3, -0.25) is 5.10 Å². The molecule has 3 aromatic rings. The van der Waals surface area contributed by atoms with E-state index in [9.17, 15) is 8.42 Å². The van der Waals surface area contributed by atoms with Crippen LogP contribution in [-0.4, -0.2) is 49.2 Å². The first-order valence-electron chi connectivity index (χ1n) is 7.77. The number of anilines is 3. The lowest BCUT2D eigenvalue weighted by molar-refractivity contribution is 0.588. The van der Waals surface area contributed by atoms with E-state index >= 15 is 0 Å². The minimum absolute atomic E-state index is 0.160. The quantitative estimate of drug-likeness (QED) is 0.538. The predicted molar refractivity (Wildman–Crippen MR) is 104 cm³/mol. The largest absolute Gasteiger partial charge is 0.373 e. The minimum Gasteiger partial charge on any atom is -0.373 e. The molecule has 1 aromatic carbocycles. The molecule has 26 heavy (non-hydrogen) atoms. The van der Waals surface area contributed by atoms with Crippen LogP contribution in [0.4, 0.5) is 17.2 Å². The van der Waals surface area contributed by atoms with Crippen LogP contribution in [-0.2, 0) is 10.0 Å². The molecule has 0 unspecified atom stereocenters. The van der Waals surface area contributed by atoms with Crippen LogP contribution >= 0.6 is 15.9 Å². The maximum atomic E-state index is 12.2. The van der Waals surface area contributed by atoms with Gasteiger partial charge >= 0.3 is 0 Å². The molecule has 3 N–H and O–H groups in total. The lowest BCUT2D eigenvalue weighted by Crippen LogP contribution is -2.20. The first kappa shape index (κ1) is 18.5. The molecule has 0 aliphatic rings. The summed E-state index contributed by atoms with van der Waals surface area (Å²) in [5.74, 6) is 0.514. The number of nitrogens with one attached hydrogen (secondary N) is 3. The van der Waals surface area contributed by atoms with Crippen LogP contribution < -0.4 is 14.9 Å². The maximum Gasteiger partial charge on any atom is 0.240 e. The highest BCUT2D eigenvalue weighted by atomic mass is 79.9. The van der Waals surface area contributed by atoms with E-state index in [-0.39, 0.29) is 4.90 Å². The third-order valence-electron chi connectivity index (χ3n) is 3.99. The predicted octanol–water partition coefficient (Wildman–Crippen LogP) is 2.22. The van der Waals surface area contributed by atoms with Gasteiger partial charge in [-0.15, -0.1) is 0 Å². The van der Waals surface area contributed by atoms with Gasteiger partial charge in [-0.05, 0) is 48.1 Å². The standard InChI is InChI=1S/C15H18BrN7O2S/c1-4-23(3)11-6-5-9(26(24,25)17-2)7-10(11)20-14-12-13(16)21-22-15(12)19-8-18-14/h5-8,17H,4H2,1-3H3,(H2,18,19,20,21,22). The molecule has 0 saturated heterocycles. The molecule has 0 amide bonds. The molecule has 0 saturated carbocycles. The van der Waals surface area contributed by atoms with Crippen LogP contribution in [0.25, 0.3) is 11.0 Å². The Labute approximate surface area is 159 Å². The van der Waals surface area contributed by atoms with Crippen molar-refractivity contribution in [2.45, 2.75) is 11.8 Å². The zero-order chi connectivity index (χ0) is 18.9. The third kappa shape index (κ3) is 3.37. The van der Waals surface area contributed by atoms with E-state index in [1.165, 1.54) is 13.4 Å². The molecule has 138 valence electrons. The summed E-state index contributed by atoms with van der Waals surface area (Å²) >= 11 is 3.40. The molecule has 2 aromatic heterocycles. The van der Waals surface area contributed by atoms with Gasteiger partial charge in [0.2, 0.25) is 10.0 Å². The number of aromatic nitrogens is 4. The van der Waals surface area contributed by atoms with Gasteiger partial charge in [-0.2, -0.15) is 5.10 Å². The van der Waals surface area contributed by atoms with Crippen molar-refractivity contribution < 1.29 is 8.42 Å². The molecule has 0 radical (unpaired) electrons. The van der Waals surface area contributed by atoms with Crippen molar-refractivity contribution in [2.75, 3.05) is 30.9 Å². The van der Waals surface area contributed by atoms with Gasteiger partial charge in [0, 0.05) is 13.6 Å². The summed E-state index contributed by atoms with van der Waals surface area (Å²) in [6.07, 6.45) is 1.40. The number of hydrogen-bond donors (Lipinski definition) is 3. The average molecular weight is 440 g/mol. The van der Waals surface area contributed by atoms with Crippen molar-refractivity contribution in [3.8, 4) is 0 Å². The van der Waals surface area contributed by atoms with E-state index in [0.717, 1.165) is 12.2 Å². The molecule has 0 aliphatic carbocycles. The SMILES string of the molecule is CCN(C)c1ccc(S(=O)(=O)NC)cc1Nc1ncnc2n[nH]c(Br)c12. The molecule has 9 nitrogen and oxygen atoms in total. The Kier molecular flexibility index (Phi) is 5.12. The highest BCUT2D eigenvalue weighted by molar-refractivity contribution is 9.10. The molecule has 0 fully saturated rings. The summed E-state index contributed by atoms with van der Waals surface area (Å²) in [6.45, 7) is 2.76. The summed E-state index contributed by atoms with van der Waals surface area (Å²) in [4.78, 5) is 10.5. The molecule has 0 atom stereocenters. The summed E-state index contributed by atoms with van der Waals surface area (Å²) in [6, 6.07) is 4.91. The van der Waals surface area contributed by atoms with Gasteiger partial charge in [0.05, 0.1) is 21.7 Å². The van der Waals surface area contributed by atoms with E-state index in [4.69, 9.17) is 0 Å². The number of fused-ring (bicyclic) bond motifs is 1. The molecule has 0 spiro atoms. The van der Waals surface area contributed by atoms with Crippen LogP contribution in [0.3, 0.4) is 0 Å². The molecule has 0 aliphatic heterocycles. The van der Waals surface area contributed by atoms with Gasteiger partial charge in [0.1, 0.15) is 16.7 Å². The van der Waals surface area contributed by atoms with Gasteiger partial charge in [-0.1, -0.05) is 0 Å². The second-order valence-electron chi connectivity index (χ2n) is 5.48. The Hall–Kier alpha value is -2.24. The maximum absolute atomic E-state index is 12.2. The van der Waals surface area contributed by atoms with Crippen molar-refractivity contribution in [3.05, 3.63) is 29.1 Å². The van der Waals surface area contributed by atoms with E-state index in [1.807, 2.05) is 18.9 Å². The number of halogens is 1. The molecule has 11 heteroatoms. The first-order valence-corrected chi connectivity index (χ1v) is 10.0. The number of hydrogen-bond acceptors (Lipinski definition) is 7. The smallest absolute Gasteiger partial charge is 0.240 e. The van der Waals surface area contributed by atoms with E-state index in [0.29, 0.717) is 27.1 Å². The second kappa shape index (κ2) is 7.17. The van der Waals surface area contributed by atoms with Gasteiger partial charge in [0.25, 0.3) is 0 Å². The Morgan fingerprint density at radius 2 is 2.08 bits per heavy atom. The Morgan fingerprint density at radius 1 is 1.31 bits per heavy atom. The monoisotopic (exact) mass is 439 g/mol. The fourth-order valence-corrected chi connectivity index (χ4v) is 3.66. The lowest BCUT2D eigenvalue weighted by Gasteiger charge is -2.22. The number of benzene rings is 1. The van der Waals surface area contributed by atoms with Crippen LogP contribution in [0.5, 0.6) is 0 Å². The lowest BCUT2D eigenvalue weighted by atomic mass is 10.2.